The number of carbonyl (C=O) groups excluding carboxylic acids is 1. The van der Waals surface area contributed by atoms with Gasteiger partial charge in [-0.25, -0.2) is 0 Å². The van der Waals surface area contributed by atoms with Crippen LogP contribution in [0.5, 0.6) is 0 Å². The molecule has 1 aliphatic rings. The molecule has 0 radical (unpaired) electrons. The van der Waals surface area contributed by atoms with E-state index in [1.54, 1.807) is 6.92 Å². The number of nitrogens with zero attached hydrogens (tertiary/aromatic N) is 1. The molecule has 1 heterocycles. The Morgan fingerprint density at radius 1 is 1.39 bits per heavy atom. The Morgan fingerprint density at radius 3 is 2.67 bits per heavy atom. The third-order valence-electron chi connectivity index (χ3n) is 3.48. The van der Waals surface area contributed by atoms with Crippen LogP contribution in [0.15, 0.2) is 30.3 Å². The van der Waals surface area contributed by atoms with Gasteiger partial charge in [0.1, 0.15) is 0 Å². The number of hydrogen-bond acceptors (Lipinski definition) is 2. The van der Waals surface area contributed by atoms with Gasteiger partial charge in [-0.3, -0.25) is 4.79 Å². The summed E-state index contributed by atoms with van der Waals surface area (Å²) in [6.07, 6.45) is 0.963. The van der Waals surface area contributed by atoms with Crippen LogP contribution in [0.25, 0.3) is 0 Å². The molecule has 1 fully saturated rings. The monoisotopic (exact) mass is 247 g/mol. The maximum absolute atomic E-state index is 11.7. The number of benzene rings is 1. The van der Waals surface area contributed by atoms with Crippen molar-refractivity contribution in [1.29, 1.82) is 0 Å². The molecular weight excluding hydrogens is 226 g/mol. The largest absolute Gasteiger partial charge is 0.374 e. The van der Waals surface area contributed by atoms with Gasteiger partial charge in [0.15, 0.2) is 0 Å². The maximum Gasteiger partial charge on any atom is 0.220 e. The zero-order valence-electron chi connectivity index (χ0n) is 11.3. The number of morpholine rings is 1. The summed E-state index contributed by atoms with van der Waals surface area (Å²) in [4.78, 5) is 13.6. The van der Waals surface area contributed by atoms with Gasteiger partial charge < -0.3 is 9.64 Å². The summed E-state index contributed by atoms with van der Waals surface area (Å²) in [5.74, 6) is 0.126. The van der Waals surface area contributed by atoms with Crippen molar-refractivity contribution < 1.29 is 9.53 Å². The van der Waals surface area contributed by atoms with Crippen molar-refractivity contribution in [1.82, 2.24) is 4.90 Å². The molecule has 3 heteroatoms. The lowest BCUT2D eigenvalue weighted by molar-refractivity contribution is -0.151. The van der Waals surface area contributed by atoms with Gasteiger partial charge in [-0.15, -0.1) is 0 Å². The average Bonchev–Trinajstić information content (AvgIpc) is 2.32. The number of carbonyl (C=O) groups is 1. The van der Waals surface area contributed by atoms with Crippen LogP contribution in [0.3, 0.4) is 0 Å². The fourth-order valence-corrected chi connectivity index (χ4v) is 2.46. The van der Waals surface area contributed by atoms with Crippen LogP contribution in [-0.2, 0) is 16.0 Å². The van der Waals surface area contributed by atoms with Gasteiger partial charge in [-0.05, 0) is 19.4 Å². The Balaban J connectivity index is 2.03. The Morgan fingerprint density at radius 2 is 2.06 bits per heavy atom. The first-order valence-corrected chi connectivity index (χ1v) is 6.43. The van der Waals surface area contributed by atoms with E-state index in [1.807, 2.05) is 36.9 Å². The van der Waals surface area contributed by atoms with Gasteiger partial charge >= 0.3 is 0 Å². The smallest absolute Gasteiger partial charge is 0.220 e. The highest BCUT2D eigenvalue weighted by molar-refractivity contribution is 5.74. The van der Waals surface area contributed by atoms with Gasteiger partial charge in [0.2, 0.25) is 5.91 Å². The van der Waals surface area contributed by atoms with Crippen molar-refractivity contribution in [2.45, 2.75) is 38.8 Å². The second-order valence-electron chi connectivity index (χ2n) is 5.56. The molecule has 0 aromatic heterocycles. The van der Waals surface area contributed by atoms with E-state index in [9.17, 15) is 4.79 Å². The van der Waals surface area contributed by atoms with E-state index < -0.39 is 0 Å². The third kappa shape index (κ3) is 2.91. The van der Waals surface area contributed by atoms with Crippen molar-refractivity contribution in [2.24, 2.45) is 0 Å². The maximum atomic E-state index is 11.7. The highest BCUT2D eigenvalue weighted by Crippen LogP contribution is 2.23. The number of ether oxygens (including phenoxy) is 1. The molecule has 18 heavy (non-hydrogen) atoms. The first-order valence-electron chi connectivity index (χ1n) is 6.43. The summed E-state index contributed by atoms with van der Waals surface area (Å²) in [5.41, 5.74) is 1.06. The quantitative estimate of drug-likeness (QED) is 0.802. The molecule has 1 amide bonds. The van der Waals surface area contributed by atoms with Crippen LogP contribution in [0.2, 0.25) is 0 Å². The van der Waals surface area contributed by atoms with E-state index in [-0.39, 0.29) is 17.6 Å². The molecule has 1 saturated heterocycles. The Kier molecular flexibility index (Phi) is 3.71. The highest BCUT2D eigenvalue weighted by Gasteiger charge is 2.36. The van der Waals surface area contributed by atoms with E-state index in [4.69, 9.17) is 4.74 Å². The molecule has 98 valence electrons. The number of rotatable bonds is 2. The van der Waals surface area contributed by atoms with Gasteiger partial charge in [0.25, 0.3) is 0 Å². The molecule has 0 saturated carbocycles. The molecule has 0 spiro atoms. The molecule has 3 nitrogen and oxygen atoms in total. The molecule has 0 aliphatic carbocycles. The first kappa shape index (κ1) is 13.1. The highest BCUT2D eigenvalue weighted by atomic mass is 16.5. The molecule has 1 unspecified atom stereocenters. The van der Waals surface area contributed by atoms with Crippen LogP contribution in [0.1, 0.15) is 26.3 Å². The summed E-state index contributed by atoms with van der Waals surface area (Å²) in [6.45, 7) is 7.01. The Hall–Kier alpha value is -1.35. The minimum atomic E-state index is -0.195. The molecule has 1 aromatic carbocycles. The zero-order valence-corrected chi connectivity index (χ0v) is 11.3. The number of amides is 1. The van der Waals surface area contributed by atoms with E-state index in [2.05, 4.69) is 12.1 Å². The van der Waals surface area contributed by atoms with Crippen molar-refractivity contribution in [3.05, 3.63) is 35.9 Å². The third-order valence-corrected chi connectivity index (χ3v) is 3.48. The Bertz CT molecular complexity index is 414. The summed E-state index contributed by atoms with van der Waals surface area (Å²) >= 11 is 0. The van der Waals surface area contributed by atoms with Crippen LogP contribution < -0.4 is 0 Å². The lowest BCUT2D eigenvalue weighted by Gasteiger charge is -2.45. The zero-order chi connectivity index (χ0) is 13.2. The average molecular weight is 247 g/mol. The number of hydrogen-bond donors (Lipinski definition) is 0. The molecule has 2 rings (SSSR count). The minimum absolute atomic E-state index is 0.101. The second kappa shape index (κ2) is 5.11. The van der Waals surface area contributed by atoms with Crippen molar-refractivity contribution >= 4 is 5.91 Å². The lowest BCUT2D eigenvalue weighted by Crippen LogP contribution is -2.58. The van der Waals surface area contributed by atoms with Gasteiger partial charge in [-0.2, -0.15) is 0 Å². The summed E-state index contributed by atoms with van der Waals surface area (Å²) in [7, 11) is 0. The van der Waals surface area contributed by atoms with Gasteiger partial charge in [0, 0.05) is 19.9 Å². The molecule has 1 atom stereocenters. The summed E-state index contributed by atoms with van der Waals surface area (Å²) in [6, 6.07) is 10.3. The molecular formula is C15H21NO2. The van der Waals surface area contributed by atoms with E-state index >= 15 is 0 Å². The fraction of sp³-hybridized carbons (Fsp3) is 0.533. The normalized spacial score (nSPS) is 22.8. The van der Waals surface area contributed by atoms with E-state index in [0.29, 0.717) is 13.2 Å². The molecule has 0 N–H and O–H groups in total. The predicted molar refractivity (Wildman–Crippen MR) is 71.4 cm³/mol. The van der Waals surface area contributed by atoms with Crippen molar-refractivity contribution in [3.63, 3.8) is 0 Å². The van der Waals surface area contributed by atoms with Crippen molar-refractivity contribution in [3.8, 4) is 0 Å². The molecule has 1 aromatic rings. The standard InChI is InChI=1S/C15H21NO2/c1-12(17)16-10-14(18-11-15(16,2)3)9-13-7-5-4-6-8-13/h4-8,14H,9-11H2,1-3H3. The van der Waals surface area contributed by atoms with Crippen LogP contribution in [0, 0.1) is 0 Å². The first-order chi connectivity index (χ1) is 8.49. The molecule has 1 aliphatic heterocycles. The summed E-state index contributed by atoms with van der Waals surface area (Å²) in [5, 5.41) is 0. The minimum Gasteiger partial charge on any atom is -0.374 e. The summed E-state index contributed by atoms with van der Waals surface area (Å²) < 4.78 is 5.88. The van der Waals surface area contributed by atoms with Crippen molar-refractivity contribution in [2.75, 3.05) is 13.2 Å². The van der Waals surface area contributed by atoms with Crippen LogP contribution in [-0.4, -0.2) is 35.6 Å². The SMILES string of the molecule is CC(=O)N1CC(Cc2ccccc2)OCC1(C)C. The fourth-order valence-electron chi connectivity index (χ4n) is 2.46. The van der Waals surface area contributed by atoms with Crippen LogP contribution in [0.4, 0.5) is 0 Å². The van der Waals surface area contributed by atoms with Gasteiger partial charge in [-0.1, -0.05) is 30.3 Å². The predicted octanol–water partition coefficient (Wildman–Crippen LogP) is 2.25. The van der Waals surface area contributed by atoms with E-state index in [1.165, 1.54) is 5.56 Å². The van der Waals surface area contributed by atoms with Crippen LogP contribution >= 0.6 is 0 Å². The molecule has 0 bridgehead atoms. The second-order valence-corrected chi connectivity index (χ2v) is 5.56. The lowest BCUT2D eigenvalue weighted by atomic mass is 9.98. The van der Waals surface area contributed by atoms with E-state index in [0.717, 1.165) is 6.42 Å². The Labute approximate surface area is 109 Å². The topological polar surface area (TPSA) is 29.5 Å². The van der Waals surface area contributed by atoms with Gasteiger partial charge in [0.05, 0.1) is 18.2 Å².